The number of likely N-dealkylation sites (N-methyl/N-ethyl adjacent to an activating group) is 1. The molecular formula is C16H27N3O2. The van der Waals surface area contributed by atoms with Crippen LogP contribution in [0.5, 0.6) is 0 Å². The number of anilines is 1. The zero-order valence-corrected chi connectivity index (χ0v) is 13.2. The Hall–Kier alpha value is -1.17. The summed E-state index contributed by atoms with van der Waals surface area (Å²) in [7, 11) is 1.71. The van der Waals surface area contributed by atoms with Crippen LogP contribution in [0.3, 0.4) is 0 Å². The van der Waals surface area contributed by atoms with Crippen molar-refractivity contribution >= 4 is 5.82 Å². The maximum absolute atomic E-state index is 5.72. The molecule has 0 spiro atoms. The van der Waals surface area contributed by atoms with Gasteiger partial charge in [0.2, 0.25) is 0 Å². The minimum atomic E-state index is 0.363. The molecule has 2 heterocycles. The van der Waals surface area contributed by atoms with E-state index in [0.717, 1.165) is 51.6 Å². The molecule has 0 bridgehead atoms. The molecule has 1 unspecified atom stereocenters. The fourth-order valence-electron chi connectivity index (χ4n) is 2.53. The second-order valence-corrected chi connectivity index (χ2v) is 5.37. The van der Waals surface area contributed by atoms with Gasteiger partial charge < -0.3 is 19.7 Å². The van der Waals surface area contributed by atoms with Gasteiger partial charge in [-0.15, -0.1) is 0 Å². The van der Waals surface area contributed by atoms with E-state index in [1.165, 1.54) is 12.0 Å². The van der Waals surface area contributed by atoms with Gasteiger partial charge >= 0.3 is 0 Å². The van der Waals surface area contributed by atoms with E-state index in [1.807, 2.05) is 6.20 Å². The molecule has 118 valence electrons. The summed E-state index contributed by atoms with van der Waals surface area (Å²) in [6, 6.07) is 4.24. The molecule has 1 atom stereocenters. The lowest BCUT2D eigenvalue weighted by Gasteiger charge is -2.25. The number of nitrogens with one attached hydrogen (secondary N) is 1. The van der Waals surface area contributed by atoms with Gasteiger partial charge in [0.1, 0.15) is 5.82 Å². The zero-order valence-electron chi connectivity index (χ0n) is 13.2. The lowest BCUT2D eigenvalue weighted by Crippen LogP contribution is -2.32. The lowest BCUT2D eigenvalue weighted by atomic mass is 10.2. The van der Waals surface area contributed by atoms with E-state index in [9.17, 15) is 0 Å². The molecule has 1 aliphatic heterocycles. The predicted octanol–water partition coefficient (Wildman–Crippen LogP) is 1.82. The van der Waals surface area contributed by atoms with Gasteiger partial charge in [0.05, 0.1) is 12.7 Å². The fraction of sp³-hybridized carbons (Fsp3) is 0.688. The van der Waals surface area contributed by atoms with Crippen LogP contribution >= 0.6 is 0 Å². The van der Waals surface area contributed by atoms with Crippen LogP contribution in [-0.4, -0.2) is 51.0 Å². The molecule has 2 rings (SSSR count). The van der Waals surface area contributed by atoms with E-state index in [0.29, 0.717) is 6.10 Å². The number of ether oxygens (including phenoxy) is 2. The molecule has 1 aromatic rings. The molecule has 0 saturated carbocycles. The second kappa shape index (κ2) is 8.97. The van der Waals surface area contributed by atoms with E-state index in [1.54, 1.807) is 7.11 Å². The van der Waals surface area contributed by atoms with Gasteiger partial charge in [-0.2, -0.15) is 0 Å². The first-order chi connectivity index (χ1) is 10.3. The number of nitrogens with zero attached hydrogens (tertiary/aromatic N) is 2. The molecule has 1 aromatic heterocycles. The van der Waals surface area contributed by atoms with Crippen molar-refractivity contribution in [2.45, 2.75) is 32.4 Å². The number of methoxy groups -OCH3 is 1. The number of aromatic nitrogens is 1. The van der Waals surface area contributed by atoms with Crippen molar-refractivity contribution in [2.24, 2.45) is 0 Å². The van der Waals surface area contributed by atoms with E-state index in [-0.39, 0.29) is 0 Å². The summed E-state index contributed by atoms with van der Waals surface area (Å²) in [5.74, 6) is 1.04. The largest absolute Gasteiger partial charge is 0.383 e. The summed E-state index contributed by atoms with van der Waals surface area (Å²) < 4.78 is 10.7. The molecular weight excluding hydrogens is 266 g/mol. The Morgan fingerprint density at radius 2 is 2.38 bits per heavy atom. The highest BCUT2D eigenvalue weighted by Gasteiger charge is 2.19. The molecule has 1 saturated heterocycles. The van der Waals surface area contributed by atoms with Crippen LogP contribution in [0.25, 0.3) is 0 Å². The Bertz CT molecular complexity index is 391. The quantitative estimate of drug-likeness (QED) is 0.704. The smallest absolute Gasteiger partial charge is 0.128 e. The topological polar surface area (TPSA) is 46.6 Å². The van der Waals surface area contributed by atoms with Gasteiger partial charge in [0, 0.05) is 46.1 Å². The minimum absolute atomic E-state index is 0.363. The first-order valence-electron chi connectivity index (χ1n) is 7.84. The molecule has 5 nitrogen and oxygen atoms in total. The monoisotopic (exact) mass is 293 g/mol. The Morgan fingerprint density at radius 1 is 1.48 bits per heavy atom. The molecule has 1 fully saturated rings. The predicted molar refractivity (Wildman–Crippen MR) is 84.7 cm³/mol. The van der Waals surface area contributed by atoms with Crippen molar-refractivity contribution in [3.8, 4) is 0 Å². The Kier molecular flexibility index (Phi) is 6.92. The summed E-state index contributed by atoms with van der Waals surface area (Å²) in [6.45, 7) is 7.38. The van der Waals surface area contributed by atoms with Crippen molar-refractivity contribution in [2.75, 3.05) is 44.9 Å². The van der Waals surface area contributed by atoms with Gasteiger partial charge in [0.15, 0.2) is 0 Å². The SMILES string of the molecule is CCN(CC1CCCO1)c1ccc(CNCCOC)cn1. The van der Waals surface area contributed by atoms with Crippen LogP contribution in [0.15, 0.2) is 18.3 Å². The number of hydrogen-bond acceptors (Lipinski definition) is 5. The van der Waals surface area contributed by atoms with Crippen LogP contribution in [0, 0.1) is 0 Å². The average molecular weight is 293 g/mol. The summed E-state index contributed by atoms with van der Waals surface area (Å²) >= 11 is 0. The summed E-state index contributed by atoms with van der Waals surface area (Å²) in [6.07, 6.45) is 4.66. The molecule has 21 heavy (non-hydrogen) atoms. The van der Waals surface area contributed by atoms with Crippen molar-refractivity contribution in [1.29, 1.82) is 0 Å². The van der Waals surface area contributed by atoms with Crippen molar-refractivity contribution < 1.29 is 9.47 Å². The van der Waals surface area contributed by atoms with E-state index in [2.05, 4.69) is 34.3 Å². The zero-order chi connectivity index (χ0) is 14.9. The van der Waals surface area contributed by atoms with Crippen molar-refractivity contribution in [1.82, 2.24) is 10.3 Å². The molecule has 0 amide bonds. The van der Waals surface area contributed by atoms with Gasteiger partial charge in [-0.3, -0.25) is 0 Å². The summed E-state index contributed by atoms with van der Waals surface area (Å²) in [5.41, 5.74) is 1.20. The highest BCUT2D eigenvalue weighted by Crippen LogP contribution is 2.17. The molecule has 0 aliphatic carbocycles. The van der Waals surface area contributed by atoms with Crippen LogP contribution in [-0.2, 0) is 16.0 Å². The van der Waals surface area contributed by atoms with Gasteiger partial charge in [-0.25, -0.2) is 4.98 Å². The third-order valence-electron chi connectivity index (χ3n) is 3.77. The standard InChI is InChI=1S/C16H27N3O2/c1-3-19(13-15-5-4-9-21-15)16-7-6-14(12-18-16)11-17-8-10-20-2/h6-7,12,15,17H,3-5,8-11,13H2,1-2H3. The maximum atomic E-state index is 5.72. The highest BCUT2D eigenvalue weighted by molar-refractivity contribution is 5.39. The van der Waals surface area contributed by atoms with E-state index >= 15 is 0 Å². The molecule has 5 heteroatoms. The minimum Gasteiger partial charge on any atom is -0.383 e. The number of hydrogen-bond donors (Lipinski definition) is 1. The second-order valence-electron chi connectivity index (χ2n) is 5.37. The number of rotatable bonds is 9. The van der Waals surface area contributed by atoms with Crippen LogP contribution in [0.1, 0.15) is 25.3 Å². The Morgan fingerprint density at radius 3 is 3.00 bits per heavy atom. The molecule has 1 aliphatic rings. The molecule has 0 radical (unpaired) electrons. The average Bonchev–Trinajstić information content (AvgIpc) is 3.03. The van der Waals surface area contributed by atoms with Gasteiger partial charge in [0.25, 0.3) is 0 Å². The van der Waals surface area contributed by atoms with Crippen LogP contribution < -0.4 is 10.2 Å². The first-order valence-corrected chi connectivity index (χ1v) is 7.84. The van der Waals surface area contributed by atoms with Gasteiger partial charge in [-0.05, 0) is 31.4 Å². The fourth-order valence-corrected chi connectivity index (χ4v) is 2.53. The summed E-state index contributed by atoms with van der Waals surface area (Å²) in [4.78, 5) is 6.88. The Labute approximate surface area is 127 Å². The van der Waals surface area contributed by atoms with Crippen molar-refractivity contribution in [3.63, 3.8) is 0 Å². The third-order valence-corrected chi connectivity index (χ3v) is 3.77. The van der Waals surface area contributed by atoms with E-state index < -0.39 is 0 Å². The van der Waals surface area contributed by atoms with Crippen molar-refractivity contribution in [3.05, 3.63) is 23.9 Å². The number of pyridine rings is 1. The molecule has 1 N–H and O–H groups in total. The lowest BCUT2D eigenvalue weighted by molar-refractivity contribution is 0.115. The van der Waals surface area contributed by atoms with Gasteiger partial charge in [-0.1, -0.05) is 6.07 Å². The molecule has 0 aromatic carbocycles. The normalized spacial score (nSPS) is 18.1. The van der Waals surface area contributed by atoms with Crippen LogP contribution in [0.4, 0.5) is 5.82 Å². The van der Waals surface area contributed by atoms with E-state index in [4.69, 9.17) is 9.47 Å². The Balaban J connectivity index is 1.83. The first kappa shape index (κ1) is 16.2. The highest BCUT2D eigenvalue weighted by atomic mass is 16.5. The van der Waals surface area contributed by atoms with Crippen LogP contribution in [0.2, 0.25) is 0 Å². The third kappa shape index (κ3) is 5.26. The maximum Gasteiger partial charge on any atom is 0.128 e. The summed E-state index contributed by atoms with van der Waals surface area (Å²) in [5, 5.41) is 3.33.